The Morgan fingerprint density at radius 3 is 2.34 bits per heavy atom. The zero-order chi connectivity index (χ0) is 23.2. The summed E-state index contributed by atoms with van der Waals surface area (Å²) >= 11 is 0. The Labute approximate surface area is 190 Å². The maximum absolute atomic E-state index is 13.1. The molecule has 0 bridgehead atoms. The molecule has 32 heavy (non-hydrogen) atoms. The highest BCUT2D eigenvalue weighted by Crippen LogP contribution is 2.27. The number of hydrogen-bond acceptors (Lipinski definition) is 5. The van der Waals surface area contributed by atoms with E-state index in [0.29, 0.717) is 19.5 Å². The first-order valence-electron chi connectivity index (χ1n) is 10.8. The van der Waals surface area contributed by atoms with E-state index in [1.165, 1.54) is 12.1 Å². The van der Waals surface area contributed by atoms with E-state index in [-0.39, 0.29) is 33.9 Å². The van der Waals surface area contributed by atoms with Crippen molar-refractivity contribution in [1.29, 1.82) is 0 Å². The third-order valence-electron chi connectivity index (χ3n) is 5.70. The lowest BCUT2D eigenvalue weighted by molar-refractivity contribution is -0.120. The molecule has 1 unspecified atom stereocenters. The molecule has 0 radical (unpaired) electrons. The fourth-order valence-electron chi connectivity index (χ4n) is 3.86. The second-order valence-electron chi connectivity index (χ2n) is 8.10. The molecule has 174 valence electrons. The molecule has 0 aromatic heterocycles. The minimum Gasteiger partial charge on any atom is -0.356 e. The number of nitrogens with zero attached hydrogens (tertiary/aromatic N) is 1. The highest BCUT2D eigenvalue weighted by molar-refractivity contribution is 7.91. The van der Waals surface area contributed by atoms with Gasteiger partial charge in [-0.2, -0.15) is 4.31 Å². The topological polar surface area (TPSA) is 101 Å². The van der Waals surface area contributed by atoms with E-state index in [1.807, 2.05) is 6.92 Å². The molecule has 1 saturated heterocycles. The van der Waals surface area contributed by atoms with Crippen molar-refractivity contribution < 1.29 is 21.6 Å². The van der Waals surface area contributed by atoms with E-state index >= 15 is 0 Å². The quantitative estimate of drug-likeness (QED) is 0.597. The van der Waals surface area contributed by atoms with Crippen molar-refractivity contribution in [2.75, 3.05) is 18.8 Å². The van der Waals surface area contributed by atoms with Gasteiger partial charge in [0.25, 0.3) is 0 Å². The maximum atomic E-state index is 13.1. The summed E-state index contributed by atoms with van der Waals surface area (Å²) in [5.74, 6) is -0.617. The van der Waals surface area contributed by atoms with Crippen LogP contribution in [0.3, 0.4) is 0 Å². The average molecular weight is 479 g/mol. The molecule has 1 heterocycles. The third-order valence-corrected chi connectivity index (χ3v) is 9.40. The van der Waals surface area contributed by atoms with Gasteiger partial charge in [-0.3, -0.25) is 4.79 Å². The SMILES string of the molecule is Cc1ccc(S(=O)(=O)N2CCCCC2CCNC(=O)CCS(=O)(=O)c2ccccc2)cc1. The Morgan fingerprint density at radius 1 is 0.969 bits per heavy atom. The van der Waals surface area contributed by atoms with Crippen LogP contribution in [0.4, 0.5) is 0 Å². The van der Waals surface area contributed by atoms with Crippen LogP contribution in [0.15, 0.2) is 64.4 Å². The molecule has 2 aromatic carbocycles. The lowest BCUT2D eigenvalue weighted by Gasteiger charge is -2.34. The van der Waals surface area contributed by atoms with Crippen molar-refractivity contribution in [2.24, 2.45) is 0 Å². The molecular formula is C23H30N2O5S2. The summed E-state index contributed by atoms with van der Waals surface area (Å²) < 4.78 is 52.4. The summed E-state index contributed by atoms with van der Waals surface area (Å²) in [4.78, 5) is 12.7. The number of sulfone groups is 1. The number of piperidine rings is 1. The van der Waals surface area contributed by atoms with Gasteiger partial charge in [0.15, 0.2) is 9.84 Å². The molecule has 1 fully saturated rings. The van der Waals surface area contributed by atoms with E-state index < -0.39 is 19.9 Å². The molecule has 9 heteroatoms. The standard InChI is InChI=1S/C23H30N2O5S2/c1-19-10-12-22(13-11-19)32(29,30)25-17-6-5-7-20(25)14-16-24-23(26)15-18-31(27,28)21-8-3-2-4-9-21/h2-4,8-13,20H,5-7,14-18H2,1H3,(H,24,26). The van der Waals surface area contributed by atoms with Gasteiger partial charge in [-0.05, 0) is 50.5 Å². The second-order valence-corrected chi connectivity index (χ2v) is 12.1. The van der Waals surface area contributed by atoms with Crippen molar-refractivity contribution in [3.8, 4) is 0 Å². The van der Waals surface area contributed by atoms with E-state index in [9.17, 15) is 21.6 Å². The van der Waals surface area contributed by atoms with Gasteiger partial charge in [0.1, 0.15) is 0 Å². The first kappa shape index (κ1) is 24.4. The summed E-state index contributed by atoms with van der Waals surface area (Å²) in [7, 11) is -7.11. The molecule has 0 aliphatic carbocycles. The number of amides is 1. The summed E-state index contributed by atoms with van der Waals surface area (Å²) in [6, 6.07) is 14.7. The third kappa shape index (κ3) is 6.17. The molecule has 1 aliphatic heterocycles. The molecular weight excluding hydrogens is 448 g/mol. The van der Waals surface area contributed by atoms with Crippen molar-refractivity contribution in [3.05, 3.63) is 60.2 Å². The van der Waals surface area contributed by atoms with Crippen molar-refractivity contribution >= 4 is 25.8 Å². The molecule has 3 rings (SSSR count). The Kier molecular flexibility index (Phi) is 8.08. The van der Waals surface area contributed by atoms with Crippen molar-refractivity contribution in [2.45, 2.75) is 54.9 Å². The highest BCUT2D eigenvalue weighted by atomic mass is 32.2. The van der Waals surface area contributed by atoms with Crippen LogP contribution in [0.1, 0.15) is 37.7 Å². The van der Waals surface area contributed by atoms with E-state index in [1.54, 1.807) is 46.8 Å². The number of sulfonamides is 1. The van der Waals surface area contributed by atoms with Crippen LogP contribution >= 0.6 is 0 Å². The van der Waals surface area contributed by atoms with Gasteiger partial charge >= 0.3 is 0 Å². The number of rotatable bonds is 9. The summed E-state index contributed by atoms with van der Waals surface area (Å²) in [5.41, 5.74) is 0.996. The molecule has 0 spiro atoms. The van der Waals surface area contributed by atoms with Gasteiger partial charge in [-0.1, -0.05) is 42.3 Å². The minimum atomic E-state index is -3.60. The number of carbonyl (C=O) groups excluding carboxylic acids is 1. The molecule has 1 atom stereocenters. The van der Waals surface area contributed by atoms with Crippen LogP contribution in [0.25, 0.3) is 0 Å². The smallest absolute Gasteiger partial charge is 0.243 e. The number of aryl methyl sites for hydroxylation is 1. The molecule has 1 amide bonds. The number of nitrogens with one attached hydrogen (secondary N) is 1. The molecule has 2 aromatic rings. The molecule has 0 saturated carbocycles. The van der Waals surface area contributed by atoms with E-state index in [2.05, 4.69) is 5.32 Å². The number of carbonyl (C=O) groups is 1. The van der Waals surface area contributed by atoms with Crippen LogP contribution in [-0.4, -0.2) is 51.9 Å². The molecule has 1 N–H and O–H groups in total. The Bertz CT molecular complexity index is 1110. The number of benzene rings is 2. The lowest BCUT2D eigenvalue weighted by Crippen LogP contribution is -2.45. The zero-order valence-electron chi connectivity index (χ0n) is 18.2. The lowest BCUT2D eigenvalue weighted by atomic mass is 10.0. The Balaban J connectivity index is 1.53. The van der Waals surface area contributed by atoms with Gasteiger partial charge in [-0.15, -0.1) is 0 Å². The largest absolute Gasteiger partial charge is 0.356 e. The minimum absolute atomic E-state index is 0.132. The summed E-state index contributed by atoms with van der Waals surface area (Å²) in [6.07, 6.45) is 2.85. The summed E-state index contributed by atoms with van der Waals surface area (Å²) in [6.45, 7) is 2.67. The zero-order valence-corrected chi connectivity index (χ0v) is 19.9. The van der Waals surface area contributed by atoms with Crippen LogP contribution in [-0.2, 0) is 24.7 Å². The van der Waals surface area contributed by atoms with Gasteiger partial charge in [0, 0.05) is 25.6 Å². The molecule has 7 nitrogen and oxygen atoms in total. The van der Waals surface area contributed by atoms with Gasteiger partial charge in [-0.25, -0.2) is 16.8 Å². The Hall–Kier alpha value is -2.23. The predicted molar refractivity (Wildman–Crippen MR) is 123 cm³/mol. The van der Waals surface area contributed by atoms with Crippen LogP contribution in [0, 0.1) is 6.92 Å². The number of hydrogen-bond donors (Lipinski definition) is 1. The van der Waals surface area contributed by atoms with Crippen LogP contribution in [0.2, 0.25) is 0 Å². The predicted octanol–water partition coefficient (Wildman–Crippen LogP) is 2.91. The van der Waals surface area contributed by atoms with Crippen molar-refractivity contribution in [3.63, 3.8) is 0 Å². The van der Waals surface area contributed by atoms with E-state index in [0.717, 1.165) is 24.8 Å². The van der Waals surface area contributed by atoms with Gasteiger partial charge in [0.05, 0.1) is 15.5 Å². The monoisotopic (exact) mass is 478 g/mol. The first-order valence-corrected chi connectivity index (χ1v) is 13.9. The van der Waals surface area contributed by atoms with E-state index in [4.69, 9.17) is 0 Å². The van der Waals surface area contributed by atoms with Crippen LogP contribution in [0.5, 0.6) is 0 Å². The normalized spacial score (nSPS) is 17.7. The highest BCUT2D eigenvalue weighted by Gasteiger charge is 2.33. The first-order chi connectivity index (χ1) is 15.2. The van der Waals surface area contributed by atoms with Crippen LogP contribution < -0.4 is 5.32 Å². The van der Waals surface area contributed by atoms with Crippen molar-refractivity contribution in [1.82, 2.24) is 9.62 Å². The fourth-order valence-corrected chi connectivity index (χ4v) is 6.85. The Morgan fingerprint density at radius 2 is 1.66 bits per heavy atom. The maximum Gasteiger partial charge on any atom is 0.243 e. The average Bonchev–Trinajstić information content (AvgIpc) is 2.79. The van der Waals surface area contributed by atoms with Gasteiger partial charge in [0.2, 0.25) is 15.9 Å². The second kappa shape index (κ2) is 10.6. The molecule has 1 aliphatic rings. The van der Waals surface area contributed by atoms with Gasteiger partial charge < -0.3 is 5.32 Å². The summed E-state index contributed by atoms with van der Waals surface area (Å²) in [5, 5.41) is 2.75. The fraction of sp³-hybridized carbons (Fsp3) is 0.435.